The van der Waals surface area contributed by atoms with Crippen LogP contribution in [0, 0.1) is 17.5 Å². The first kappa shape index (κ1) is 16.0. The van der Waals surface area contributed by atoms with Gasteiger partial charge in [-0.05, 0) is 42.7 Å². The number of rotatable bonds is 5. The molecule has 0 aromatic heterocycles. The van der Waals surface area contributed by atoms with Gasteiger partial charge >= 0.3 is 0 Å². The molecule has 1 saturated carbocycles. The molecule has 0 heterocycles. The Morgan fingerprint density at radius 3 is 2.04 bits per heavy atom. The van der Waals surface area contributed by atoms with Gasteiger partial charge in [0, 0.05) is 12.6 Å². The van der Waals surface area contributed by atoms with Gasteiger partial charge in [0.1, 0.15) is 17.5 Å². The summed E-state index contributed by atoms with van der Waals surface area (Å²) in [6.07, 6.45) is 1.27. The van der Waals surface area contributed by atoms with Crippen LogP contribution in [0.4, 0.5) is 13.2 Å². The molecular formula is C16H14F3NO2S. The van der Waals surface area contributed by atoms with E-state index in [1.54, 1.807) is 0 Å². The number of hydrogen-bond acceptors (Lipinski definition) is 2. The smallest absolute Gasteiger partial charge is 0.207 e. The van der Waals surface area contributed by atoms with Crippen LogP contribution < -0.4 is 0 Å². The third-order valence-corrected chi connectivity index (χ3v) is 5.64. The van der Waals surface area contributed by atoms with E-state index in [0.29, 0.717) is 18.4 Å². The monoisotopic (exact) mass is 341 g/mol. The Labute approximate surface area is 132 Å². The van der Waals surface area contributed by atoms with Crippen molar-refractivity contribution in [3.05, 3.63) is 65.5 Å². The molecule has 7 heteroatoms. The maximum absolute atomic E-state index is 13.9. The highest BCUT2D eigenvalue weighted by molar-refractivity contribution is 7.89. The molecule has 3 nitrogen and oxygen atoms in total. The molecule has 3 rings (SSSR count). The van der Waals surface area contributed by atoms with Crippen molar-refractivity contribution in [3.8, 4) is 0 Å². The molecule has 0 unspecified atom stereocenters. The highest BCUT2D eigenvalue weighted by atomic mass is 32.2. The van der Waals surface area contributed by atoms with E-state index in [-0.39, 0.29) is 12.6 Å². The standard InChI is InChI=1S/C16H14F3NO2S/c17-12-6-4-11(5-7-12)10-20(13-8-9-13)23(21,22)16-14(18)2-1-3-15(16)19/h1-7,13H,8-10H2. The van der Waals surface area contributed by atoms with Crippen molar-refractivity contribution in [2.24, 2.45) is 0 Å². The van der Waals surface area contributed by atoms with Gasteiger partial charge in [0.25, 0.3) is 0 Å². The molecule has 0 spiro atoms. The molecular weight excluding hydrogens is 327 g/mol. The third kappa shape index (κ3) is 3.25. The maximum atomic E-state index is 13.9. The van der Waals surface area contributed by atoms with Crippen LogP contribution in [0.25, 0.3) is 0 Å². The van der Waals surface area contributed by atoms with Crippen molar-refractivity contribution in [2.45, 2.75) is 30.3 Å². The van der Waals surface area contributed by atoms with E-state index in [2.05, 4.69) is 0 Å². The molecule has 0 aliphatic heterocycles. The summed E-state index contributed by atoms with van der Waals surface area (Å²) in [7, 11) is -4.32. The van der Waals surface area contributed by atoms with E-state index in [9.17, 15) is 21.6 Å². The van der Waals surface area contributed by atoms with Gasteiger partial charge in [0.15, 0.2) is 4.90 Å². The molecule has 0 bridgehead atoms. The van der Waals surface area contributed by atoms with Crippen molar-refractivity contribution in [3.63, 3.8) is 0 Å². The number of sulfonamides is 1. The van der Waals surface area contributed by atoms with Crippen LogP contribution in [-0.2, 0) is 16.6 Å². The lowest BCUT2D eigenvalue weighted by molar-refractivity contribution is 0.390. The average Bonchev–Trinajstić information content (AvgIpc) is 3.30. The molecule has 1 fully saturated rings. The van der Waals surface area contributed by atoms with E-state index in [1.807, 2.05) is 0 Å². The van der Waals surface area contributed by atoms with Crippen LogP contribution in [0.2, 0.25) is 0 Å². The van der Waals surface area contributed by atoms with E-state index in [4.69, 9.17) is 0 Å². The average molecular weight is 341 g/mol. The van der Waals surface area contributed by atoms with Gasteiger partial charge in [-0.3, -0.25) is 0 Å². The van der Waals surface area contributed by atoms with Crippen molar-refractivity contribution in [1.82, 2.24) is 4.31 Å². The second-order valence-electron chi connectivity index (χ2n) is 5.46. The molecule has 0 amide bonds. The van der Waals surface area contributed by atoms with E-state index in [0.717, 1.165) is 22.5 Å². The van der Waals surface area contributed by atoms with Gasteiger partial charge < -0.3 is 0 Å². The minimum atomic E-state index is -4.32. The Kier molecular flexibility index (Phi) is 4.16. The Hall–Kier alpha value is -1.86. The number of benzene rings is 2. The quantitative estimate of drug-likeness (QED) is 0.835. The normalized spacial score (nSPS) is 15.1. The number of hydrogen-bond donors (Lipinski definition) is 0. The molecule has 0 N–H and O–H groups in total. The fourth-order valence-corrected chi connectivity index (χ4v) is 4.17. The van der Waals surface area contributed by atoms with E-state index in [1.165, 1.54) is 24.3 Å². The lowest BCUT2D eigenvalue weighted by atomic mass is 10.2. The minimum absolute atomic E-state index is 0.0545. The molecule has 23 heavy (non-hydrogen) atoms. The second-order valence-corrected chi connectivity index (χ2v) is 7.29. The lowest BCUT2D eigenvalue weighted by Crippen LogP contribution is -2.33. The van der Waals surface area contributed by atoms with Crippen molar-refractivity contribution in [2.75, 3.05) is 0 Å². The molecule has 122 valence electrons. The van der Waals surface area contributed by atoms with Crippen LogP contribution in [0.5, 0.6) is 0 Å². The predicted octanol–water partition coefficient (Wildman–Crippen LogP) is 3.46. The molecule has 1 aliphatic carbocycles. The second kappa shape index (κ2) is 5.98. The lowest BCUT2D eigenvalue weighted by Gasteiger charge is -2.22. The van der Waals surface area contributed by atoms with E-state index >= 15 is 0 Å². The first-order valence-corrected chi connectivity index (χ1v) is 8.54. The Morgan fingerprint density at radius 2 is 1.52 bits per heavy atom. The molecule has 0 atom stereocenters. The van der Waals surface area contributed by atoms with Gasteiger partial charge in [-0.1, -0.05) is 18.2 Å². The highest BCUT2D eigenvalue weighted by Gasteiger charge is 2.40. The summed E-state index contributed by atoms with van der Waals surface area (Å²) in [4.78, 5) is -0.936. The van der Waals surface area contributed by atoms with Crippen LogP contribution in [0.1, 0.15) is 18.4 Å². The third-order valence-electron chi connectivity index (χ3n) is 3.69. The van der Waals surface area contributed by atoms with Gasteiger partial charge in [0.05, 0.1) is 0 Å². The highest BCUT2D eigenvalue weighted by Crippen LogP contribution is 2.35. The van der Waals surface area contributed by atoms with Crippen molar-refractivity contribution < 1.29 is 21.6 Å². The topological polar surface area (TPSA) is 37.4 Å². The number of nitrogens with zero attached hydrogens (tertiary/aromatic N) is 1. The zero-order chi connectivity index (χ0) is 16.6. The van der Waals surface area contributed by atoms with Gasteiger partial charge in [0.2, 0.25) is 10.0 Å². The zero-order valence-electron chi connectivity index (χ0n) is 12.0. The molecule has 0 radical (unpaired) electrons. The van der Waals surface area contributed by atoms with Gasteiger partial charge in [-0.2, -0.15) is 4.31 Å². The largest absolute Gasteiger partial charge is 0.249 e. The predicted molar refractivity (Wildman–Crippen MR) is 78.5 cm³/mol. The van der Waals surface area contributed by atoms with Gasteiger partial charge in [-0.25, -0.2) is 21.6 Å². The Morgan fingerprint density at radius 1 is 0.957 bits per heavy atom. The van der Waals surface area contributed by atoms with Crippen LogP contribution in [0.15, 0.2) is 47.4 Å². The maximum Gasteiger partial charge on any atom is 0.249 e. The summed E-state index contributed by atoms with van der Waals surface area (Å²) < 4.78 is 67.2. The number of halogens is 3. The van der Waals surface area contributed by atoms with Gasteiger partial charge in [-0.15, -0.1) is 0 Å². The summed E-state index contributed by atoms with van der Waals surface area (Å²) in [6, 6.07) is 8.01. The SMILES string of the molecule is O=S(=O)(c1c(F)cccc1F)N(Cc1ccc(F)cc1)C1CC1. The van der Waals surface area contributed by atoms with Crippen LogP contribution in [0.3, 0.4) is 0 Å². The molecule has 2 aromatic rings. The summed E-state index contributed by atoms with van der Waals surface area (Å²) in [5.41, 5.74) is 0.554. The summed E-state index contributed by atoms with van der Waals surface area (Å²) in [6.45, 7) is -0.0545. The van der Waals surface area contributed by atoms with E-state index < -0.39 is 32.4 Å². The first-order chi connectivity index (χ1) is 10.9. The Bertz CT molecular complexity index is 797. The zero-order valence-corrected chi connectivity index (χ0v) is 12.9. The first-order valence-electron chi connectivity index (χ1n) is 7.10. The van der Waals surface area contributed by atoms with Crippen LogP contribution in [-0.4, -0.2) is 18.8 Å². The van der Waals surface area contributed by atoms with Crippen molar-refractivity contribution >= 4 is 10.0 Å². The molecule has 0 saturated heterocycles. The fourth-order valence-electron chi connectivity index (χ4n) is 2.39. The fraction of sp³-hybridized carbons (Fsp3) is 0.250. The summed E-state index contributed by atoms with van der Waals surface area (Å²) in [5, 5.41) is 0. The van der Waals surface area contributed by atoms with Crippen molar-refractivity contribution in [1.29, 1.82) is 0 Å². The Balaban J connectivity index is 1.99. The summed E-state index contributed by atoms with van der Waals surface area (Å²) in [5.74, 6) is -2.67. The van der Waals surface area contributed by atoms with Crippen LogP contribution >= 0.6 is 0 Å². The molecule has 1 aliphatic rings. The summed E-state index contributed by atoms with van der Waals surface area (Å²) >= 11 is 0. The molecule has 2 aromatic carbocycles. The minimum Gasteiger partial charge on any atom is -0.207 e.